The smallest absolute Gasteiger partial charge is 0.303 e. The second kappa shape index (κ2) is 12.0. The van der Waals surface area contributed by atoms with Gasteiger partial charge in [0.05, 0.1) is 22.7 Å². The van der Waals surface area contributed by atoms with Gasteiger partial charge in [-0.2, -0.15) is 0 Å². The normalized spacial score (nSPS) is 10.3. The van der Waals surface area contributed by atoms with Crippen molar-refractivity contribution < 1.29 is 9.53 Å². The molecule has 1 aromatic carbocycles. The highest BCUT2D eigenvalue weighted by molar-refractivity contribution is 7.09. The number of hydrogen-bond acceptors (Lipinski definition) is 5. The Bertz CT molecular complexity index is 778. The third-order valence-corrected chi connectivity index (χ3v) is 4.81. The highest BCUT2D eigenvalue weighted by Crippen LogP contribution is 2.26. The van der Waals surface area contributed by atoms with E-state index >= 15 is 0 Å². The molecule has 0 saturated heterocycles. The van der Waals surface area contributed by atoms with E-state index in [0.717, 1.165) is 34.9 Å². The minimum absolute atomic E-state index is 0. The van der Waals surface area contributed by atoms with Gasteiger partial charge in [-0.25, -0.2) is 9.98 Å². The van der Waals surface area contributed by atoms with Crippen molar-refractivity contribution in [2.24, 2.45) is 4.99 Å². The van der Waals surface area contributed by atoms with Gasteiger partial charge in [0, 0.05) is 32.3 Å². The maximum atomic E-state index is 10.9. The second-order valence-electron chi connectivity index (χ2n) is 6.07. The number of aromatic nitrogens is 1. The molecule has 1 heterocycles. The van der Waals surface area contributed by atoms with Crippen molar-refractivity contribution in [1.29, 1.82) is 0 Å². The maximum Gasteiger partial charge on any atom is 0.303 e. The van der Waals surface area contributed by atoms with Gasteiger partial charge in [0.1, 0.15) is 6.61 Å². The van der Waals surface area contributed by atoms with Crippen molar-refractivity contribution in [2.45, 2.75) is 40.7 Å². The van der Waals surface area contributed by atoms with Crippen LogP contribution in [0.5, 0.6) is 0 Å². The Morgan fingerprint density at radius 3 is 2.63 bits per heavy atom. The van der Waals surface area contributed by atoms with Crippen LogP contribution in [-0.2, 0) is 22.6 Å². The fraction of sp³-hybridized carbons (Fsp3) is 0.421. The summed E-state index contributed by atoms with van der Waals surface area (Å²) in [4.78, 5) is 22.0. The van der Waals surface area contributed by atoms with Crippen LogP contribution < -0.4 is 0 Å². The Hall–Kier alpha value is -1.63. The molecule has 0 atom stereocenters. The van der Waals surface area contributed by atoms with Crippen molar-refractivity contribution >= 4 is 54.1 Å². The van der Waals surface area contributed by atoms with Crippen LogP contribution >= 0.6 is 36.2 Å². The monoisotopic (exact) mass is 431 g/mol. The van der Waals surface area contributed by atoms with Crippen molar-refractivity contribution in [1.82, 2.24) is 9.88 Å². The first-order chi connectivity index (χ1) is 11.9. The number of esters is 1. The average molecular weight is 432 g/mol. The van der Waals surface area contributed by atoms with Crippen LogP contribution in [0.2, 0.25) is 0 Å². The van der Waals surface area contributed by atoms with Gasteiger partial charge in [0.15, 0.2) is 0 Å². The molecule has 0 fully saturated rings. The van der Waals surface area contributed by atoms with E-state index in [1.54, 1.807) is 11.3 Å². The number of hydrogen-bond donors (Lipinski definition) is 0. The van der Waals surface area contributed by atoms with Crippen molar-refractivity contribution in [3.8, 4) is 0 Å². The van der Waals surface area contributed by atoms with Gasteiger partial charge in [-0.3, -0.25) is 4.79 Å². The zero-order valence-corrected chi connectivity index (χ0v) is 18.8. The molecule has 0 saturated carbocycles. The predicted octanol–water partition coefficient (Wildman–Crippen LogP) is 4.87. The highest BCUT2D eigenvalue weighted by Gasteiger charge is 2.09. The number of carbonyl (C=O) groups is 1. The van der Waals surface area contributed by atoms with E-state index in [-0.39, 0.29) is 37.4 Å². The van der Waals surface area contributed by atoms with E-state index in [1.807, 2.05) is 23.7 Å². The molecule has 0 unspecified atom stereocenters. The van der Waals surface area contributed by atoms with Crippen molar-refractivity contribution in [3.63, 3.8) is 0 Å². The summed E-state index contributed by atoms with van der Waals surface area (Å²) in [7, 11) is 2.01. The average Bonchev–Trinajstić information content (AvgIpc) is 3.02. The standard InChI is InChI=1S/C19H25N3O2S.2ClH/c1-6-22(5)12-20-18-8-13(2)16(7-14(18)3)9-19-21-17(11-25-19)10-24-15(4)23;;/h7-8,11-12H,6,9-10H2,1-5H3;2*1H/b20-12+;;. The number of aliphatic imine (C=N–C) groups is 1. The lowest BCUT2D eigenvalue weighted by Crippen LogP contribution is -2.14. The topological polar surface area (TPSA) is 54.8 Å². The number of nitrogens with zero attached hydrogens (tertiary/aromatic N) is 3. The number of carbonyl (C=O) groups excluding carboxylic acids is 1. The molecule has 0 aliphatic carbocycles. The van der Waals surface area contributed by atoms with Gasteiger partial charge >= 0.3 is 5.97 Å². The molecule has 0 aliphatic rings. The van der Waals surface area contributed by atoms with Crippen LogP contribution in [0, 0.1) is 13.8 Å². The summed E-state index contributed by atoms with van der Waals surface area (Å²) in [6, 6.07) is 4.30. The van der Waals surface area contributed by atoms with E-state index in [4.69, 9.17) is 4.74 Å². The van der Waals surface area contributed by atoms with Crippen LogP contribution in [-0.4, -0.2) is 35.8 Å². The van der Waals surface area contributed by atoms with Gasteiger partial charge in [0.2, 0.25) is 0 Å². The van der Waals surface area contributed by atoms with E-state index in [2.05, 4.69) is 42.9 Å². The van der Waals surface area contributed by atoms with Crippen LogP contribution in [0.15, 0.2) is 22.5 Å². The number of benzene rings is 1. The molecule has 150 valence electrons. The first-order valence-corrected chi connectivity index (χ1v) is 9.18. The SMILES string of the molecule is CCN(C)/C=N/c1cc(C)c(Cc2nc(COC(C)=O)cs2)cc1C.Cl.Cl. The van der Waals surface area contributed by atoms with Crippen LogP contribution in [0.1, 0.15) is 41.2 Å². The molecule has 0 bridgehead atoms. The highest BCUT2D eigenvalue weighted by atomic mass is 35.5. The molecule has 2 rings (SSSR count). The number of ether oxygens (including phenoxy) is 1. The molecular formula is C19H27Cl2N3O2S. The zero-order valence-electron chi connectivity index (χ0n) is 16.3. The Balaban J connectivity index is 0.00000338. The Morgan fingerprint density at radius 2 is 2.00 bits per heavy atom. The van der Waals surface area contributed by atoms with Crippen LogP contribution in [0.3, 0.4) is 0 Å². The third-order valence-electron chi connectivity index (χ3n) is 3.91. The minimum Gasteiger partial charge on any atom is -0.459 e. The summed E-state index contributed by atoms with van der Waals surface area (Å²) in [5, 5.41) is 2.96. The van der Waals surface area contributed by atoms with E-state index in [0.29, 0.717) is 0 Å². The van der Waals surface area contributed by atoms with Gasteiger partial charge in [-0.15, -0.1) is 36.2 Å². The molecule has 27 heavy (non-hydrogen) atoms. The largest absolute Gasteiger partial charge is 0.459 e. The van der Waals surface area contributed by atoms with Gasteiger partial charge in [-0.1, -0.05) is 6.07 Å². The molecule has 0 radical (unpaired) electrons. The number of thiazole rings is 1. The van der Waals surface area contributed by atoms with E-state index in [9.17, 15) is 4.79 Å². The summed E-state index contributed by atoms with van der Waals surface area (Å²) in [6.07, 6.45) is 2.64. The quantitative estimate of drug-likeness (QED) is 0.356. The molecule has 1 aromatic heterocycles. The van der Waals surface area contributed by atoms with E-state index in [1.165, 1.54) is 18.1 Å². The minimum atomic E-state index is -0.286. The first kappa shape index (κ1) is 25.4. The van der Waals surface area contributed by atoms with E-state index < -0.39 is 0 Å². The summed E-state index contributed by atoms with van der Waals surface area (Å²) < 4.78 is 4.99. The summed E-state index contributed by atoms with van der Waals surface area (Å²) in [5.41, 5.74) is 5.39. The molecule has 0 N–H and O–H groups in total. The van der Waals surface area contributed by atoms with Gasteiger partial charge < -0.3 is 9.64 Å². The molecule has 2 aromatic rings. The number of rotatable bonds is 7. The Morgan fingerprint density at radius 1 is 1.30 bits per heavy atom. The Kier molecular flexibility index (Phi) is 11.2. The lowest BCUT2D eigenvalue weighted by atomic mass is 10.0. The summed E-state index contributed by atoms with van der Waals surface area (Å²) >= 11 is 1.59. The maximum absolute atomic E-state index is 10.9. The lowest BCUT2D eigenvalue weighted by Gasteiger charge is -2.11. The van der Waals surface area contributed by atoms with Crippen LogP contribution in [0.25, 0.3) is 0 Å². The molecule has 8 heteroatoms. The van der Waals surface area contributed by atoms with Crippen LogP contribution in [0.4, 0.5) is 5.69 Å². The lowest BCUT2D eigenvalue weighted by molar-refractivity contribution is -0.142. The first-order valence-electron chi connectivity index (χ1n) is 8.30. The predicted molar refractivity (Wildman–Crippen MR) is 117 cm³/mol. The molecular weight excluding hydrogens is 405 g/mol. The number of aryl methyl sites for hydroxylation is 2. The fourth-order valence-electron chi connectivity index (χ4n) is 2.27. The fourth-order valence-corrected chi connectivity index (χ4v) is 3.07. The Labute approximate surface area is 177 Å². The summed E-state index contributed by atoms with van der Waals surface area (Å²) in [6.45, 7) is 8.85. The second-order valence-corrected chi connectivity index (χ2v) is 7.02. The summed E-state index contributed by atoms with van der Waals surface area (Å²) in [5.74, 6) is -0.286. The molecule has 0 spiro atoms. The van der Waals surface area contributed by atoms with Crippen molar-refractivity contribution in [2.75, 3.05) is 13.6 Å². The number of halogens is 2. The van der Waals surface area contributed by atoms with Gasteiger partial charge in [-0.05, 0) is 43.5 Å². The molecule has 0 amide bonds. The molecule has 0 aliphatic heterocycles. The third kappa shape index (κ3) is 7.87. The zero-order chi connectivity index (χ0) is 18.4. The van der Waals surface area contributed by atoms with Crippen molar-refractivity contribution in [3.05, 3.63) is 44.9 Å². The molecule has 5 nitrogen and oxygen atoms in total. The van der Waals surface area contributed by atoms with Gasteiger partial charge in [0.25, 0.3) is 0 Å².